The van der Waals surface area contributed by atoms with Crippen LogP contribution >= 0.6 is 0 Å². The Hall–Kier alpha value is -1.26. The Bertz CT molecular complexity index is 1300. The molecule has 3 fully saturated rings. The molecule has 3 saturated carbocycles. The number of carbonyl (C=O) groups excluding carboxylic acids is 1. The first-order chi connectivity index (χ1) is 21.9. The molecule has 5 nitrogen and oxygen atoms in total. The minimum atomic E-state index is -2.01. The zero-order valence-electron chi connectivity index (χ0n) is 33.2. The molecular weight excluding hydrogens is 629 g/mol. The molecule has 0 amide bonds. The molecule has 48 heavy (non-hydrogen) atoms. The third-order valence-electron chi connectivity index (χ3n) is 13.2. The van der Waals surface area contributed by atoms with E-state index >= 15 is 0 Å². The van der Waals surface area contributed by atoms with Crippen molar-refractivity contribution in [2.45, 2.75) is 181 Å². The van der Waals surface area contributed by atoms with E-state index in [4.69, 9.17) is 18.3 Å². The highest BCUT2D eigenvalue weighted by molar-refractivity contribution is 6.74. The number of hydrogen-bond acceptors (Lipinski definition) is 5. The zero-order valence-corrected chi connectivity index (χ0v) is 35.2. The fourth-order valence-corrected chi connectivity index (χ4v) is 10.4. The Morgan fingerprint density at radius 2 is 1.60 bits per heavy atom. The summed E-state index contributed by atoms with van der Waals surface area (Å²) in [4.78, 5) is 12.7. The van der Waals surface area contributed by atoms with Crippen molar-refractivity contribution in [3.63, 3.8) is 0 Å². The van der Waals surface area contributed by atoms with Crippen LogP contribution in [-0.4, -0.2) is 53.1 Å². The topological polar surface area (TPSA) is 54.0 Å². The molecule has 4 aliphatic carbocycles. The van der Waals surface area contributed by atoms with E-state index in [-0.39, 0.29) is 46.4 Å². The van der Waals surface area contributed by atoms with E-state index in [9.17, 15) is 4.79 Å². The maximum absolute atomic E-state index is 12.7. The molecule has 272 valence electrons. The summed E-state index contributed by atoms with van der Waals surface area (Å²) in [6.45, 7) is 36.6. The third-order valence-corrected chi connectivity index (χ3v) is 22.2. The van der Waals surface area contributed by atoms with Gasteiger partial charge in [-0.05, 0) is 136 Å². The summed E-state index contributed by atoms with van der Waals surface area (Å²) in [6, 6.07) is 0. The normalized spacial score (nSPS) is 30.0. The molecular formula is C41H70O5Si2. The molecule has 0 heterocycles. The van der Waals surface area contributed by atoms with Gasteiger partial charge in [-0.25, -0.2) is 4.79 Å². The lowest BCUT2D eigenvalue weighted by Gasteiger charge is -2.45. The Morgan fingerprint density at radius 1 is 1.00 bits per heavy atom. The number of fused-ring (bicyclic) bond motifs is 1. The average Bonchev–Trinajstić information content (AvgIpc) is 3.73. The van der Waals surface area contributed by atoms with Crippen LogP contribution in [0.4, 0.5) is 0 Å². The summed E-state index contributed by atoms with van der Waals surface area (Å²) in [5, 5.41) is 0.275. The summed E-state index contributed by atoms with van der Waals surface area (Å²) in [5.74, 6) is 0.671. The van der Waals surface area contributed by atoms with Gasteiger partial charge in [-0.1, -0.05) is 78.8 Å². The Labute approximate surface area is 296 Å². The first kappa shape index (κ1) is 39.5. The monoisotopic (exact) mass is 698 g/mol. The lowest BCUT2D eigenvalue weighted by atomic mass is 9.63. The molecule has 0 bridgehead atoms. The van der Waals surface area contributed by atoms with Crippen LogP contribution in [0.15, 0.2) is 47.1 Å². The molecule has 4 rings (SSSR count). The van der Waals surface area contributed by atoms with Gasteiger partial charge >= 0.3 is 5.97 Å². The maximum atomic E-state index is 12.7. The van der Waals surface area contributed by atoms with Crippen molar-refractivity contribution in [2.75, 3.05) is 6.61 Å². The molecule has 0 aliphatic heterocycles. The van der Waals surface area contributed by atoms with Gasteiger partial charge in [0.05, 0.1) is 18.3 Å². The molecule has 0 aromatic rings. The number of ether oxygens (including phenoxy) is 2. The molecule has 0 radical (unpaired) electrons. The van der Waals surface area contributed by atoms with E-state index in [1.807, 2.05) is 13.8 Å². The van der Waals surface area contributed by atoms with E-state index < -0.39 is 22.2 Å². The molecule has 4 aliphatic rings. The molecule has 0 saturated heterocycles. The molecule has 0 N–H and O–H groups in total. The highest BCUT2D eigenvalue weighted by Gasteiger charge is 2.48. The van der Waals surface area contributed by atoms with E-state index in [0.29, 0.717) is 11.8 Å². The third kappa shape index (κ3) is 8.78. The standard InChI is InChI=1S/C41H70O5Si2/c1-28-31(25-33(45-47(12,13)38(3,4)5)26-36(28)46-48(14,15)39(6,7)8)19-18-30-17-16-24-41(11)34(22-23-35(30)41)29(2)43-27-37(42)44-40(9,10)32-20-21-32/h18-19,22,29,32-33,35-36H,1,16-17,20-21,23-27H2,2-15H3/t29-,33+,35-,36-,41+/m0/s1. The van der Waals surface area contributed by atoms with Crippen molar-refractivity contribution in [3.8, 4) is 0 Å². The van der Waals surface area contributed by atoms with Gasteiger partial charge in [0.2, 0.25) is 0 Å². The lowest BCUT2D eigenvalue weighted by Crippen LogP contribution is -2.49. The second-order valence-corrected chi connectivity index (χ2v) is 28.8. The predicted octanol–water partition coefficient (Wildman–Crippen LogP) is 11.2. The first-order valence-electron chi connectivity index (χ1n) is 18.9. The summed E-state index contributed by atoms with van der Waals surface area (Å²) in [6.07, 6.45) is 15.6. The molecule has 0 aromatic heterocycles. The van der Waals surface area contributed by atoms with Gasteiger partial charge in [0.25, 0.3) is 0 Å². The minimum absolute atomic E-state index is 0.00252. The summed E-state index contributed by atoms with van der Waals surface area (Å²) < 4.78 is 26.1. The van der Waals surface area contributed by atoms with Crippen LogP contribution in [0.25, 0.3) is 0 Å². The van der Waals surface area contributed by atoms with Gasteiger partial charge in [-0.15, -0.1) is 0 Å². The number of esters is 1. The van der Waals surface area contributed by atoms with E-state index in [0.717, 1.165) is 56.9 Å². The quantitative estimate of drug-likeness (QED) is 0.122. The smallest absolute Gasteiger partial charge is 0.332 e. The highest BCUT2D eigenvalue weighted by atomic mass is 28.4. The predicted molar refractivity (Wildman–Crippen MR) is 205 cm³/mol. The maximum Gasteiger partial charge on any atom is 0.332 e. The van der Waals surface area contributed by atoms with Gasteiger partial charge in [-0.2, -0.15) is 0 Å². The average molecular weight is 699 g/mol. The van der Waals surface area contributed by atoms with Crippen molar-refractivity contribution in [1.29, 1.82) is 0 Å². The van der Waals surface area contributed by atoms with Crippen LogP contribution in [-0.2, 0) is 23.1 Å². The summed E-state index contributed by atoms with van der Waals surface area (Å²) in [5.41, 5.74) is 4.90. The molecule has 0 aromatic carbocycles. The van der Waals surface area contributed by atoms with Crippen LogP contribution in [0.3, 0.4) is 0 Å². The SMILES string of the molecule is C=C1C(=CC=C2CCC[C@]3(C)C([C@H](C)OCC(=O)OC(C)(C)C4CC4)=CC[C@@H]23)C[C@@H](O[Si](C)(C)C(C)(C)C)C[C@@H]1O[Si](C)(C)C(C)(C)C. The van der Waals surface area contributed by atoms with Gasteiger partial charge in [0, 0.05) is 6.42 Å². The Morgan fingerprint density at radius 3 is 2.19 bits per heavy atom. The number of allylic oxidation sites excluding steroid dienone is 4. The summed E-state index contributed by atoms with van der Waals surface area (Å²) in [7, 11) is -3.98. The lowest BCUT2D eigenvalue weighted by molar-refractivity contribution is -0.165. The second kappa shape index (κ2) is 14.0. The Balaban J connectivity index is 1.51. The Kier molecular flexibility index (Phi) is 11.6. The van der Waals surface area contributed by atoms with Crippen LogP contribution in [0.2, 0.25) is 36.3 Å². The van der Waals surface area contributed by atoms with Crippen LogP contribution < -0.4 is 0 Å². The first-order valence-corrected chi connectivity index (χ1v) is 24.7. The fraction of sp³-hybridized carbons (Fsp3) is 0.780. The number of rotatable bonds is 11. The largest absolute Gasteiger partial charge is 0.458 e. The van der Waals surface area contributed by atoms with Gasteiger partial charge in [-0.3, -0.25) is 0 Å². The highest BCUT2D eigenvalue weighted by Crippen LogP contribution is 2.56. The van der Waals surface area contributed by atoms with Crippen LogP contribution in [0.1, 0.15) is 121 Å². The van der Waals surface area contributed by atoms with Crippen molar-refractivity contribution in [1.82, 2.24) is 0 Å². The number of carbonyl (C=O) groups is 1. The van der Waals surface area contributed by atoms with Crippen molar-refractivity contribution >= 4 is 22.6 Å². The fourth-order valence-electron chi connectivity index (χ4n) is 7.71. The minimum Gasteiger partial charge on any atom is -0.458 e. The van der Waals surface area contributed by atoms with Crippen molar-refractivity contribution in [2.24, 2.45) is 17.3 Å². The molecule has 0 unspecified atom stereocenters. The van der Waals surface area contributed by atoms with Crippen molar-refractivity contribution < 1.29 is 23.1 Å². The van der Waals surface area contributed by atoms with Gasteiger partial charge < -0.3 is 18.3 Å². The molecule has 0 spiro atoms. The van der Waals surface area contributed by atoms with Crippen LogP contribution in [0.5, 0.6) is 0 Å². The van der Waals surface area contributed by atoms with E-state index in [1.165, 1.54) is 16.7 Å². The number of hydrogen-bond donors (Lipinski definition) is 0. The zero-order chi connectivity index (χ0) is 36.1. The van der Waals surface area contributed by atoms with E-state index in [1.54, 1.807) is 0 Å². The summed E-state index contributed by atoms with van der Waals surface area (Å²) >= 11 is 0. The van der Waals surface area contributed by atoms with Gasteiger partial charge in [0.1, 0.15) is 12.2 Å². The molecule has 5 atom stereocenters. The van der Waals surface area contributed by atoms with Crippen LogP contribution in [0, 0.1) is 17.3 Å². The second-order valence-electron chi connectivity index (χ2n) is 19.3. The van der Waals surface area contributed by atoms with Crippen molar-refractivity contribution in [3.05, 3.63) is 47.1 Å². The molecule has 7 heteroatoms. The van der Waals surface area contributed by atoms with Gasteiger partial charge in [0.15, 0.2) is 16.6 Å². The van der Waals surface area contributed by atoms with E-state index in [2.05, 4.69) is 106 Å².